The van der Waals surface area contributed by atoms with E-state index in [1.54, 1.807) is 18.0 Å². The molecule has 0 radical (unpaired) electrons. The van der Waals surface area contributed by atoms with E-state index in [1.165, 1.54) is 31.4 Å². The maximum absolute atomic E-state index is 14.3. The summed E-state index contributed by atoms with van der Waals surface area (Å²) >= 11 is 1.09. The number of nitrogens with zero attached hydrogens (tertiary/aromatic N) is 4. The lowest BCUT2D eigenvalue weighted by Gasteiger charge is -2.42. The normalized spacial score (nSPS) is 15.7. The van der Waals surface area contributed by atoms with Crippen molar-refractivity contribution in [1.82, 2.24) is 25.4 Å². The summed E-state index contributed by atoms with van der Waals surface area (Å²) in [7, 11) is 7.40. The van der Waals surface area contributed by atoms with Gasteiger partial charge in [0.15, 0.2) is 11.6 Å². The molecule has 0 spiro atoms. The van der Waals surface area contributed by atoms with Crippen molar-refractivity contribution in [2.24, 2.45) is 17.8 Å². The minimum Gasteiger partial charge on any atom is -0.506 e. The molecule has 0 bridgehead atoms. The first-order chi connectivity index (χ1) is 30.2. The molecule has 0 aliphatic carbocycles. The van der Waals surface area contributed by atoms with Crippen LogP contribution in [0.15, 0.2) is 35.7 Å². The van der Waals surface area contributed by atoms with Gasteiger partial charge in [0, 0.05) is 63.0 Å². The second-order valence-corrected chi connectivity index (χ2v) is 19.5. The van der Waals surface area contributed by atoms with Crippen molar-refractivity contribution in [3.63, 3.8) is 0 Å². The maximum atomic E-state index is 14.3. The molecule has 2 unspecified atom stereocenters. The van der Waals surface area contributed by atoms with E-state index in [-0.39, 0.29) is 79.4 Å². The molecule has 1 aliphatic rings. The van der Waals surface area contributed by atoms with Crippen LogP contribution in [0.4, 0.5) is 5.69 Å². The number of aliphatic carboxylic acids is 1. The molecule has 358 valence electrons. The van der Waals surface area contributed by atoms with E-state index in [9.17, 15) is 48.6 Å². The van der Waals surface area contributed by atoms with Gasteiger partial charge in [0.25, 0.3) is 23.6 Å². The van der Waals surface area contributed by atoms with E-state index in [4.69, 9.17) is 4.74 Å². The fourth-order valence-corrected chi connectivity index (χ4v) is 7.90. The summed E-state index contributed by atoms with van der Waals surface area (Å²) in [4.78, 5) is 110. The van der Waals surface area contributed by atoms with Crippen molar-refractivity contribution in [2.45, 2.75) is 124 Å². The summed E-state index contributed by atoms with van der Waals surface area (Å²) in [6, 6.07) is 2.38. The zero-order valence-electron chi connectivity index (χ0n) is 39.7. The summed E-state index contributed by atoms with van der Waals surface area (Å²) in [5, 5.41) is 30.6. The lowest BCUT2D eigenvalue weighted by atomic mass is 9.92. The van der Waals surface area contributed by atoms with Gasteiger partial charge in [0.1, 0.15) is 22.5 Å². The molecule has 2 aromatic rings. The Labute approximate surface area is 385 Å². The van der Waals surface area contributed by atoms with Gasteiger partial charge in [-0.2, -0.15) is 0 Å². The summed E-state index contributed by atoms with van der Waals surface area (Å²) in [5.41, 5.74) is -0.218. The third kappa shape index (κ3) is 14.7. The highest BCUT2D eigenvalue weighted by molar-refractivity contribution is 7.09. The van der Waals surface area contributed by atoms with E-state index in [0.29, 0.717) is 21.5 Å². The summed E-state index contributed by atoms with van der Waals surface area (Å²) in [6.45, 7) is 14.2. The number of nitrogens with one attached hydrogen (secondary N) is 3. The minimum atomic E-state index is -1.08. The van der Waals surface area contributed by atoms with Gasteiger partial charge in [-0.15, -0.1) is 11.3 Å². The molecule has 18 nitrogen and oxygen atoms in total. The summed E-state index contributed by atoms with van der Waals surface area (Å²) in [6.07, 6.45) is 2.38. The van der Waals surface area contributed by atoms with Gasteiger partial charge < -0.3 is 40.3 Å². The molecule has 65 heavy (non-hydrogen) atoms. The van der Waals surface area contributed by atoms with Crippen molar-refractivity contribution in [3.05, 3.63) is 52.0 Å². The first-order valence-electron chi connectivity index (χ1n) is 21.9. The molecule has 1 aliphatic heterocycles. The molecule has 6 atom stereocenters. The van der Waals surface area contributed by atoms with Gasteiger partial charge in [-0.05, 0) is 62.6 Å². The van der Waals surface area contributed by atoms with Crippen LogP contribution in [0, 0.1) is 17.8 Å². The predicted molar refractivity (Wildman–Crippen MR) is 244 cm³/mol. The summed E-state index contributed by atoms with van der Waals surface area (Å²) < 4.78 is 6.11. The van der Waals surface area contributed by atoms with Gasteiger partial charge in [-0.25, -0.2) is 4.98 Å². The van der Waals surface area contributed by atoms with Gasteiger partial charge in [0.05, 0.1) is 32.7 Å². The minimum absolute atomic E-state index is 0.00756. The number of carbonyl (C=O) groups is 8. The average Bonchev–Trinajstić information content (AvgIpc) is 3.84. The molecule has 1 aromatic carbocycles. The predicted octanol–water partition coefficient (Wildman–Crippen LogP) is 4.44. The average molecular weight is 927 g/mol. The SMILES string of the molecule is CCC(C)[C@H](NC(=O)C(C)(C)[N+](C)(C)C)C(=O)N(C)[C@H](C[C@@H](OC(C)=O)c1nc(C(=O)N[C@@H](Cc2ccc(O)c(NC(=O)CCCN3C(=O)C=CC3=O)c2)CC(C)C(=O)O)cs1)C(C)C. The zero-order chi connectivity index (χ0) is 49.1. The quantitative estimate of drug-likeness (QED) is 0.0425. The number of carboxylic acids is 1. The second kappa shape index (κ2) is 23.0. The topological polar surface area (TPSA) is 242 Å². The van der Waals surface area contributed by atoms with Crippen molar-refractivity contribution < 1.29 is 57.8 Å². The number of thiazole rings is 1. The molecule has 2 heterocycles. The Morgan fingerprint density at radius 1 is 0.985 bits per heavy atom. The van der Waals surface area contributed by atoms with Gasteiger partial charge in [-0.1, -0.05) is 47.1 Å². The highest BCUT2D eigenvalue weighted by Crippen LogP contribution is 2.32. The number of phenolic OH excluding ortho intramolecular Hbond substituents is 1. The molecule has 6 amide bonds. The number of aromatic nitrogens is 1. The van der Waals surface area contributed by atoms with Crippen molar-refractivity contribution in [3.8, 4) is 5.75 Å². The van der Waals surface area contributed by atoms with Gasteiger partial charge >= 0.3 is 11.9 Å². The number of hydrogen-bond donors (Lipinski definition) is 5. The number of rotatable bonds is 24. The highest BCUT2D eigenvalue weighted by Gasteiger charge is 2.44. The molecule has 0 saturated heterocycles. The third-order valence-corrected chi connectivity index (χ3v) is 13.2. The van der Waals surface area contributed by atoms with E-state index in [1.807, 2.05) is 62.7 Å². The number of anilines is 1. The monoisotopic (exact) mass is 926 g/mol. The van der Waals surface area contributed by atoms with Crippen LogP contribution >= 0.6 is 11.3 Å². The number of ether oxygens (including phenoxy) is 1. The Morgan fingerprint density at radius 2 is 1.62 bits per heavy atom. The van der Waals surface area contributed by atoms with Crippen LogP contribution in [-0.4, -0.2) is 135 Å². The van der Waals surface area contributed by atoms with Crippen LogP contribution in [0.2, 0.25) is 0 Å². The van der Waals surface area contributed by atoms with Crippen LogP contribution in [0.5, 0.6) is 5.75 Å². The Bertz CT molecular complexity index is 2090. The molecular formula is C46H68N7O11S+. The molecule has 1 aromatic heterocycles. The number of likely N-dealkylation sites (N-methyl/N-ethyl adjacent to an activating group) is 2. The van der Waals surface area contributed by atoms with Crippen molar-refractivity contribution in [2.75, 3.05) is 40.1 Å². The Hall–Kier alpha value is -5.69. The Kier molecular flexibility index (Phi) is 19.0. The van der Waals surface area contributed by atoms with E-state index in [0.717, 1.165) is 28.4 Å². The van der Waals surface area contributed by atoms with Gasteiger partial charge in [0.2, 0.25) is 11.8 Å². The molecule has 0 saturated carbocycles. The standard InChI is InChI=1S/C46H67N7O11S/c1-13-27(4)40(50-45(63)46(7,8)53(10,11)12)43(60)51(9)34(26(2)3)24-36(64-29(6)54)42-49-33(25-65-42)41(59)47-31(21-28(5)44(61)62)22-30-16-17-35(55)32(23-30)48-37(56)15-14-20-52-38(57)18-19-39(52)58/h16-19,23,25-28,31,34,36,40H,13-15,20-22,24H2,1-12H3,(H4-,47,48,50,55,56,57,58,59,61,62,63)/p+1/t27?,28?,31-,34-,36-,40+/m1/s1. The Balaban J connectivity index is 1.82. The number of quaternary nitrogens is 1. The summed E-state index contributed by atoms with van der Waals surface area (Å²) in [5.74, 6) is -5.67. The number of amides is 6. The number of carbonyl (C=O) groups excluding carboxylic acids is 7. The number of hydrogen-bond acceptors (Lipinski definition) is 12. The van der Waals surface area contributed by atoms with Crippen LogP contribution in [0.3, 0.4) is 0 Å². The molecule has 3 rings (SSSR count). The van der Waals surface area contributed by atoms with E-state index < -0.39 is 71.3 Å². The third-order valence-electron chi connectivity index (χ3n) is 12.3. The molecule has 5 N–H and O–H groups in total. The van der Waals surface area contributed by atoms with Crippen molar-refractivity contribution >= 4 is 64.4 Å². The van der Waals surface area contributed by atoms with Crippen LogP contribution in [0.1, 0.15) is 115 Å². The van der Waals surface area contributed by atoms with Crippen molar-refractivity contribution in [1.29, 1.82) is 0 Å². The first kappa shape index (κ1) is 53.6. The van der Waals surface area contributed by atoms with Crippen LogP contribution < -0.4 is 16.0 Å². The largest absolute Gasteiger partial charge is 0.506 e. The number of esters is 1. The highest BCUT2D eigenvalue weighted by atomic mass is 32.1. The zero-order valence-corrected chi connectivity index (χ0v) is 40.5. The smallest absolute Gasteiger partial charge is 0.306 e. The first-order valence-corrected chi connectivity index (χ1v) is 22.8. The van der Waals surface area contributed by atoms with E-state index >= 15 is 0 Å². The molecule has 19 heteroatoms. The fraction of sp³-hybridized carbons (Fsp3) is 0.587. The van der Waals surface area contributed by atoms with E-state index in [2.05, 4.69) is 20.9 Å². The number of aromatic hydroxyl groups is 1. The number of phenols is 1. The maximum Gasteiger partial charge on any atom is 0.306 e. The second-order valence-electron chi connectivity index (χ2n) is 18.6. The number of benzene rings is 1. The lowest BCUT2D eigenvalue weighted by Crippen LogP contribution is -2.65. The van der Waals surface area contributed by atoms with Gasteiger partial charge in [-0.3, -0.25) is 43.3 Å². The number of imide groups is 1. The molecular weight excluding hydrogens is 859 g/mol. The number of carboxylic acid groups (broad SMARTS) is 1. The molecule has 0 fully saturated rings. The van der Waals surface area contributed by atoms with Crippen LogP contribution in [0.25, 0.3) is 0 Å². The fourth-order valence-electron chi connectivity index (χ4n) is 7.06. The lowest BCUT2D eigenvalue weighted by molar-refractivity contribution is -0.908. The Morgan fingerprint density at radius 3 is 2.17 bits per heavy atom. The van der Waals surface area contributed by atoms with Crippen LogP contribution in [-0.2, 0) is 44.7 Å².